The summed E-state index contributed by atoms with van der Waals surface area (Å²) in [6, 6.07) is 65.5. The summed E-state index contributed by atoms with van der Waals surface area (Å²) in [6.07, 6.45) is 0. The smallest absolute Gasteiger partial charge is 0.235 e. The van der Waals surface area contributed by atoms with E-state index in [0.29, 0.717) is 5.95 Å². The van der Waals surface area contributed by atoms with Crippen molar-refractivity contribution in [2.24, 2.45) is 0 Å². The maximum Gasteiger partial charge on any atom is 0.235 e. The lowest BCUT2D eigenvalue weighted by molar-refractivity contribution is 1.01. The molecule has 0 saturated carbocycles. The van der Waals surface area contributed by atoms with E-state index < -0.39 is 0 Å². The van der Waals surface area contributed by atoms with E-state index in [9.17, 15) is 0 Å². The quantitative estimate of drug-likeness (QED) is 0.185. The van der Waals surface area contributed by atoms with Crippen molar-refractivity contribution in [2.45, 2.75) is 0 Å². The lowest BCUT2D eigenvalue weighted by atomic mass is 10.0. The van der Waals surface area contributed by atoms with Crippen LogP contribution in [0.1, 0.15) is 0 Å². The third kappa shape index (κ3) is 4.13. The molecule has 0 aliphatic rings. The minimum atomic E-state index is 0.660. The maximum atomic E-state index is 5.40. The lowest BCUT2D eigenvalue weighted by Gasteiger charge is -2.13. The topological polar surface area (TPSA) is 35.6 Å². The van der Waals surface area contributed by atoms with Crippen molar-refractivity contribution in [3.8, 4) is 22.9 Å². The summed E-state index contributed by atoms with van der Waals surface area (Å²) in [5, 5.41) is 13.3. The van der Waals surface area contributed by atoms with Gasteiger partial charge in [0, 0.05) is 38.2 Å². The van der Waals surface area contributed by atoms with Gasteiger partial charge in [0.25, 0.3) is 0 Å². The van der Waals surface area contributed by atoms with E-state index in [0.717, 1.165) is 38.9 Å². The zero-order valence-electron chi connectivity index (χ0n) is 29.1. The molecule has 4 nitrogen and oxygen atoms in total. The van der Waals surface area contributed by atoms with Crippen molar-refractivity contribution in [1.29, 1.82) is 0 Å². The number of hydrogen-bond acceptors (Lipinski definition) is 2. The van der Waals surface area contributed by atoms with Gasteiger partial charge in [-0.1, -0.05) is 133 Å². The van der Waals surface area contributed by atoms with Crippen molar-refractivity contribution in [1.82, 2.24) is 19.1 Å². The van der Waals surface area contributed by atoms with Crippen molar-refractivity contribution in [3.63, 3.8) is 0 Å². The van der Waals surface area contributed by atoms with E-state index in [1.54, 1.807) is 0 Å². The predicted octanol–water partition coefficient (Wildman–Crippen LogP) is 13.0. The molecular formula is C50H30N4. The van der Waals surface area contributed by atoms with Crippen molar-refractivity contribution < 1.29 is 0 Å². The first-order valence-electron chi connectivity index (χ1n) is 18.4. The molecule has 250 valence electrons. The van der Waals surface area contributed by atoms with Gasteiger partial charge in [-0.2, -0.15) is 0 Å². The van der Waals surface area contributed by atoms with Crippen LogP contribution in [0.3, 0.4) is 0 Å². The number of aromatic nitrogens is 4. The molecule has 0 aliphatic carbocycles. The summed E-state index contributed by atoms with van der Waals surface area (Å²) in [6.45, 7) is 0. The summed E-state index contributed by atoms with van der Waals surface area (Å²) in [7, 11) is 0. The first-order valence-corrected chi connectivity index (χ1v) is 18.4. The van der Waals surface area contributed by atoms with Gasteiger partial charge in [-0.3, -0.25) is 4.57 Å². The molecule has 0 unspecified atom stereocenters. The fourth-order valence-corrected chi connectivity index (χ4v) is 8.87. The second-order valence-electron chi connectivity index (χ2n) is 14.2. The molecule has 0 N–H and O–H groups in total. The van der Waals surface area contributed by atoms with Gasteiger partial charge in [0.1, 0.15) is 0 Å². The summed E-state index contributed by atoms with van der Waals surface area (Å²) in [5.74, 6) is 0.660. The van der Waals surface area contributed by atoms with Gasteiger partial charge in [-0.15, -0.1) is 0 Å². The molecule has 3 heterocycles. The zero-order chi connectivity index (χ0) is 35.3. The van der Waals surface area contributed by atoms with Gasteiger partial charge >= 0.3 is 0 Å². The monoisotopic (exact) mass is 686 g/mol. The average molecular weight is 687 g/mol. The Morgan fingerprint density at radius 1 is 0.333 bits per heavy atom. The van der Waals surface area contributed by atoms with E-state index in [4.69, 9.17) is 9.97 Å². The summed E-state index contributed by atoms with van der Waals surface area (Å²) >= 11 is 0. The Hall–Kier alpha value is -7.30. The molecule has 0 atom stereocenters. The summed E-state index contributed by atoms with van der Waals surface area (Å²) in [4.78, 5) is 10.6. The normalized spacial score (nSPS) is 12.1. The van der Waals surface area contributed by atoms with Crippen LogP contribution in [0.25, 0.3) is 110 Å². The van der Waals surface area contributed by atoms with E-state index in [1.165, 1.54) is 64.9 Å². The summed E-state index contributed by atoms with van der Waals surface area (Å²) in [5.41, 5.74) is 8.60. The van der Waals surface area contributed by atoms with Crippen molar-refractivity contribution in [2.75, 3.05) is 0 Å². The third-order valence-corrected chi connectivity index (χ3v) is 11.3. The highest BCUT2D eigenvalue weighted by Crippen LogP contribution is 2.41. The predicted molar refractivity (Wildman–Crippen MR) is 226 cm³/mol. The van der Waals surface area contributed by atoms with Gasteiger partial charge in [0.05, 0.1) is 33.3 Å². The van der Waals surface area contributed by atoms with Gasteiger partial charge in [-0.05, 0) is 80.8 Å². The Morgan fingerprint density at radius 3 is 1.69 bits per heavy atom. The molecule has 9 aromatic carbocycles. The Balaban J connectivity index is 1.14. The Labute approximate surface area is 309 Å². The number of rotatable bonds is 3. The number of benzene rings is 9. The maximum absolute atomic E-state index is 5.40. The molecule has 0 aliphatic heterocycles. The van der Waals surface area contributed by atoms with Crippen LogP contribution in [0.15, 0.2) is 182 Å². The molecule has 3 aromatic heterocycles. The zero-order valence-corrected chi connectivity index (χ0v) is 29.1. The molecule has 0 spiro atoms. The van der Waals surface area contributed by atoms with Gasteiger partial charge in [-0.25, -0.2) is 9.97 Å². The van der Waals surface area contributed by atoms with E-state index in [1.807, 2.05) is 0 Å². The van der Waals surface area contributed by atoms with E-state index in [-0.39, 0.29) is 0 Å². The lowest BCUT2D eigenvalue weighted by Crippen LogP contribution is -2.03. The van der Waals surface area contributed by atoms with Gasteiger partial charge in [0.15, 0.2) is 0 Å². The number of para-hydroxylation sites is 3. The van der Waals surface area contributed by atoms with Gasteiger partial charge in [0.2, 0.25) is 5.95 Å². The Morgan fingerprint density at radius 2 is 0.889 bits per heavy atom. The number of fused-ring (bicyclic) bond motifs is 12. The van der Waals surface area contributed by atoms with E-state index in [2.05, 4.69) is 191 Å². The Bertz CT molecular complexity index is 3510. The molecule has 0 bridgehead atoms. The second-order valence-corrected chi connectivity index (χ2v) is 14.2. The highest BCUT2D eigenvalue weighted by atomic mass is 15.2. The molecule has 54 heavy (non-hydrogen) atoms. The molecular weight excluding hydrogens is 657 g/mol. The highest BCUT2D eigenvalue weighted by Gasteiger charge is 2.20. The molecule has 0 amide bonds. The van der Waals surface area contributed by atoms with Gasteiger partial charge < -0.3 is 4.57 Å². The fourth-order valence-electron chi connectivity index (χ4n) is 8.87. The minimum absolute atomic E-state index is 0.660. The average Bonchev–Trinajstić information content (AvgIpc) is 3.76. The molecule has 0 saturated heterocycles. The van der Waals surface area contributed by atoms with Crippen LogP contribution in [0.4, 0.5) is 0 Å². The van der Waals surface area contributed by atoms with Crippen molar-refractivity contribution in [3.05, 3.63) is 182 Å². The first-order chi connectivity index (χ1) is 26.8. The first kappa shape index (κ1) is 29.3. The molecule has 12 rings (SSSR count). The molecule has 0 radical (unpaired) electrons. The number of nitrogens with zero attached hydrogens (tertiary/aromatic N) is 4. The Kier molecular flexibility index (Phi) is 6.02. The van der Waals surface area contributed by atoms with E-state index >= 15 is 0 Å². The third-order valence-electron chi connectivity index (χ3n) is 11.3. The van der Waals surface area contributed by atoms with Crippen LogP contribution < -0.4 is 0 Å². The van der Waals surface area contributed by atoms with Crippen LogP contribution >= 0.6 is 0 Å². The molecule has 12 aromatic rings. The van der Waals surface area contributed by atoms with Crippen LogP contribution in [0, 0.1) is 0 Å². The summed E-state index contributed by atoms with van der Waals surface area (Å²) < 4.78 is 4.68. The van der Waals surface area contributed by atoms with Crippen molar-refractivity contribution >= 4 is 86.8 Å². The fraction of sp³-hybridized carbons (Fsp3) is 0. The minimum Gasteiger partial charge on any atom is -0.309 e. The van der Waals surface area contributed by atoms with Crippen LogP contribution in [-0.2, 0) is 0 Å². The second kappa shape index (κ2) is 11.1. The number of hydrogen-bond donors (Lipinski definition) is 0. The van der Waals surface area contributed by atoms with Crippen LogP contribution in [0.5, 0.6) is 0 Å². The largest absolute Gasteiger partial charge is 0.309 e. The van der Waals surface area contributed by atoms with Crippen LogP contribution in [0.2, 0.25) is 0 Å². The molecule has 0 fully saturated rings. The highest BCUT2D eigenvalue weighted by molar-refractivity contribution is 6.23. The van der Waals surface area contributed by atoms with Crippen LogP contribution in [-0.4, -0.2) is 19.1 Å². The molecule has 4 heteroatoms. The standard InChI is InChI=1S/C50H30N4/c1-2-13-34-29-35(22-21-31(34)11-1)49-38-15-5-8-18-42(38)51-50(52-49)54-44-20-10-7-17-40(44)48-41-30-36(26-23-33(41)25-28-46(48)54)53-43-19-9-6-16-39(43)47-37-14-4-3-12-32(37)24-27-45(47)53/h1-30H. The SMILES string of the molecule is c1ccc2cc(-c3nc(-n4c5ccccc5c5c6cc(-n7c8ccccc8c8c9ccccc9ccc87)ccc6ccc54)nc4ccccc34)ccc2c1.